The van der Waals surface area contributed by atoms with Crippen molar-refractivity contribution in [3.05, 3.63) is 30.1 Å². The summed E-state index contributed by atoms with van der Waals surface area (Å²) in [6, 6.07) is 5.69. The van der Waals surface area contributed by atoms with Crippen molar-refractivity contribution >= 4 is 5.91 Å². The number of aromatic nitrogens is 1. The van der Waals surface area contributed by atoms with Crippen LogP contribution in [0.3, 0.4) is 0 Å². The molecule has 0 fully saturated rings. The number of likely N-dealkylation sites (N-methyl/N-ethyl adjacent to an activating group) is 1. The van der Waals surface area contributed by atoms with Gasteiger partial charge in [-0.15, -0.1) is 0 Å². The van der Waals surface area contributed by atoms with Gasteiger partial charge in [-0.05, 0) is 26.0 Å². The zero-order valence-electron chi connectivity index (χ0n) is 9.97. The number of amides is 1. The summed E-state index contributed by atoms with van der Waals surface area (Å²) in [4.78, 5) is 17.3. The summed E-state index contributed by atoms with van der Waals surface area (Å²) in [7, 11) is 1.68. The van der Waals surface area contributed by atoms with Gasteiger partial charge in [-0.3, -0.25) is 9.78 Å². The van der Waals surface area contributed by atoms with Crippen LogP contribution in [0.2, 0.25) is 0 Å². The molecule has 0 saturated heterocycles. The highest BCUT2D eigenvalue weighted by Crippen LogP contribution is 2.06. The second kappa shape index (κ2) is 5.07. The van der Waals surface area contributed by atoms with E-state index in [4.69, 9.17) is 0 Å². The van der Waals surface area contributed by atoms with Gasteiger partial charge in [0.25, 0.3) is 5.91 Å². The van der Waals surface area contributed by atoms with E-state index >= 15 is 0 Å². The second-order valence-corrected chi connectivity index (χ2v) is 4.36. The number of aliphatic hydroxyl groups is 1. The molecular weight excluding hydrogens is 204 g/mol. The summed E-state index contributed by atoms with van der Waals surface area (Å²) >= 11 is 0. The summed E-state index contributed by atoms with van der Waals surface area (Å²) in [5.41, 5.74) is -0.364. The van der Waals surface area contributed by atoms with Gasteiger partial charge in [0.05, 0.1) is 0 Å². The topological polar surface area (TPSA) is 53.4 Å². The van der Waals surface area contributed by atoms with Crippen LogP contribution in [0.25, 0.3) is 0 Å². The lowest BCUT2D eigenvalue weighted by molar-refractivity contribution is -0.146. The normalized spacial score (nSPS) is 11.2. The monoisotopic (exact) mass is 222 g/mol. The van der Waals surface area contributed by atoms with Crippen LogP contribution >= 0.6 is 0 Å². The number of nitrogens with zero attached hydrogens (tertiary/aromatic N) is 2. The minimum Gasteiger partial charge on any atom is -0.381 e. The quantitative estimate of drug-likeness (QED) is 0.821. The van der Waals surface area contributed by atoms with E-state index in [2.05, 4.69) is 4.98 Å². The molecule has 0 aromatic carbocycles. The lowest BCUT2D eigenvalue weighted by atomic mass is 10.1. The Kier molecular flexibility index (Phi) is 4.01. The Hall–Kier alpha value is -1.42. The van der Waals surface area contributed by atoms with Gasteiger partial charge in [-0.2, -0.15) is 0 Å². The van der Waals surface area contributed by atoms with Crippen molar-refractivity contribution in [1.29, 1.82) is 0 Å². The predicted octanol–water partition coefficient (Wildman–Crippen LogP) is 0.853. The fraction of sp³-hybridized carbons (Fsp3) is 0.500. The minimum absolute atomic E-state index is 0.275. The molecule has 0 spiro atoms. The van der Waals surface area contributed by atoms with E-state index < -0.39 is 5.60 Å². The molecule has 1 rings (SSSR count). The second-order valence-electron chi connectivity index (χ2n) is 4.36. The molecule has 4 nitrogen and oxygen atoms in total. The number of hydrogen-bond donors (Lipinski definition) is 1. The number of rotatable bonds is 4. The van der Waals surface area contributed by atoms with Crippen molar-refractivity contribution in [3.63, 3.8) is 0 Å². The number of hydrogen-bond acceptors (Lipinski definition) is 3. The maximum absolute atomic E-state index is 11.6. The van der Waals surface area contributed by atoms with Gasteiger partial charge in [0, 0.05) is 31.9 Å². The van der Waals surface area contributed by atoms with Crippen molar-refractivity contribution in [2.75, 3.05) is 13.6 Å². The molecule has 16 heavy (non-hydrogen) atoms. The molecule has 0 saturated carbocycles. The molecule has 0 atom stereocenters. The van der Waals surface area contributed by atoms with Crippen molar-refractivity contribution < 1.29 is 9.90 Å². The molecular formula is C12H18N2O2. The molecule has 1 heterocycles. The molecule has 4 heteroatoms. The summed E-state index contributed by atoms with van der Waals surface area (Å²) in [6.07, 6.45) is 2.42. The van der Waals surface area contributed by atoms with E-state index in [9.17, 15) is 9.90 Å². The Morgan fingerprint density at radius 1 is 1.50 bits per heavy atom. The fourth-order valence-corrected chi connectivity index (χ4v) is 1.40. The highest BCUT2D eigenvalue weighted by Gasteiger charge is 2.26. The fourth-order valence-electron chi connectivity index (χ4n) is 1.40. The molecule has 0 aliphatic heterocycles. The summed E-state index contributed by atoms with van der Waals surface area (Å²) in [6.45, 7) is 3.54. The van der Waals surface area contributed by atoms with Crippen LogP contribution in [-0.2, 0) is 11.2 Å². The van der Waals surface area contributed by atoms with Gasteiger partial charge in [-0.25, -0.2) is 0 Å². The SMILES string of the molecule is CN(CCc1ccccn1)C(=O)C(C)(C)O. The third kappa shape index (κ3) is 3.62. The molecule has 1 aromatic heterocycles. The highest BCUT2D eigenvalue weighted by atomic mass is 16.3. The first kappa shape index (κ1) is 12.6. The van der Waals surface area contributed by atoms with E-state index in [-0.39, 0.29) is 5.91 Å². The van der Waals surface area contributed by atoms with E-state index in [1.54, 1.807) is 13.2 Å². The third-order valence-corrected chi connectivity index (χ3v) is 2.30. The molecule has 88 valence electrons. The lowest BCUT2D eigenvalue weighted by Crippen LogP contribution is -2.43. The van der Waals surface area contributed by atoms with Crippen molar-refractivity contribution in [3.8, 4) is 0 Å². The van der Waals surface area contributed by atoms with Gasteiger partial charge in [0.2, 0.25) is 0 Å². The standard InChI is InChI=1S/C12H18N2O2/c1-12(2,16)11(15)14(3)9-7-10-6-4-5-8-13-10/h4-6,8,16H,7,9H2,1-3H3. The van der Waals surface area contributed by atoms with Gasteiger partial charge >= 0.3 is 0 Å². The zero-order chi connectivity index (χ0) is 12.2. The van der Waals surface area contributed by atoms with Crippen LogP contribution < -0.4 is 0 Å². The van der Waals surface area contributed by atoms with Crippen LogP contribution in [0.4, 0.5) is 0 Å². The number of carbonyl (C=O) groups is 1. The lowest BCUT2D eigenvalue weighted by Gasteiger charge is -2.24. The maximum Gasteiger partial charge on any atom is 0.253 e. The number of pyridine rings is 1. The van der Waals surface area contributed by atoms with Crippen molar-refractivity contribution in [2.45, 2.75) is 25.9 Å². The van der Waals surface area contributed by atoms with Gasteiger partial charge in [0.1, 0.15) is 5.60 Å². The van der Waals surface area contributed by atoms with Crippen LogP contribution in [0.5, 0.6) is 0 Å². The Bertz CT molecular complexity index is 344. The van der Waals surface area contributed by atoms with E-state index in [0.29, 0.717) is 13.0 Å². The Morgan fingerprint density at radius 3 is 2.69 bits per heavy atom. The molecule has 0 aliphatic carbocycles. The highest BCUT2D eigenvalue weighted by molar-refractivity contribution is 5.83. The summed E-state index contributed by atoms with van der Waals surface area (Å²) < 4.78 is 0. The van der Waals surface area contributed by atoms with Crippen molar-refractivity contribution in [2.24, 2.45) is 0 Å². The molecule has 0 bridgehead atoms. The molecule has 1 N–H and O–H groups in total. The first-order valence-corrected chi connectivity index (χ1v) is 5.29. The first-order valence-electron chi connectivity index (χ1n) is 5.29. The average Bonchev–Trinajstić information content (AvgIpc) is 2.25. The predicted molar refractivity (Wildman–Crippen MR) is 61.9 cm³/mol. The van der Waals surface area contributed by atoms with Crippen LogP contribution in [0.15, 0.2) is 24.4 Å². The Morgan fingerprint density at radius 2 is 2.19 bits per heavy atom. The van der Waals surface area contributed by atoms with Gasteiger partial charge in [0.15, 0.2) is 0 Å². The van der Waals surface area contributed by atoms with Gasteiger partial charge < -0.3 is 10.0 Å². The molecule has 1 amide bonds. The minimum atomic E-state index is -1.31. The van der Waals surface area contributed by atoms with Gasteiger partial charge in [-0.1, -0.05) is 6.07 Å². The number of carbonyl (C=O) groups excluding carboxylic acids is 1. The van der Waals surface area contributed by atoms with Crippen LogP contribution in [0.1, 0.15) is 19.5 Å². The van der Waals surface area contributed by atoms with E-state index in [0.717, 1.165) is 5.69 Å². The maximum atomic E-state index is 11.6. The summed E-state index contributed by atoms with van der Waals surface area (Å²) in [5, 5.41) is 9.55. The smallest absolute Gasteiger partial charge is 0.253 e. The van der Waals surface area contributed by atoms with E-state index in [1.165, 1.54) is 18.7 Å². The Labute approximate surface area is 95.9 Å². The van der Waals surface area contributed by atoms with Crippen molar-refractivity contribution in [1.82, 2.24) is 9.88 Å². The molecule has 0 aliphatic rings. The summed E-state index contributed by atoms with van der Waals surface area (Å²) in [5.74, 6) is -0.275. The third-order valence-electron chi connectivity index (χ3n) is 2.30. The zero-order valence-corrected chi connectivity index (χ0v) is 9.97. The van der Waals surface area contributed by atoms with Crippen LogP contribution in [-0.4, -0.2) is 40.1 Å². The van der Waals surface area contributed by atoms with Crippen LogP contribution in [0, 0.1) is 0 Å². The Balaban J connectivity index is 2.48. The molecule has 0 radical (unpaired) electrons. The molecule has 1 aromatic rings. The largest absolute Gasteiger partial charge is 0.381 e. The molecule has 0 unspecified atom stereocenters. The average molecular weight is 222 g/mol. The first-order chi connectivity index (χ1) is 7.41. The van der Waals surface area contributed by atoms with E-state index in [1.807, 2.05) is 18.2 Å².